The van der Waals surface area contributed by atoms with Crippen LogP contribution in [0.3, 0.4) is 0 Å². The average Bonchev–Trinajstić information content (AvgIpc) is 2.85. The summed E-state index contributed by atoms with van der Waals surface area (Å²) in [7, 11) is 3.33. The Hall–Kier alpha value is -1.56. The molecule has 0 bridgehead atoms. The minimum atomic E-state index is 0.653. The quantitative estimate of drug-likeness (QED) is 0.799. The number of rotatable bonds is 7. The third-order valence-corrected chi connectivity index (χ3v) is 3.51. The Morgan fingerprint density at radius 2 is 2.14 bits per heavy atom. The summed E-state index contributed by atoms with van der Waals surface area (Å²) in [6.45, 7) is 4.27. The van der Waals surface area contributed by atoms with Crippen LogP contribution in [0.5, 0.6) is 5.75 Å². The highest BCUT2D eigenvalue weighted by atomic mass is 35.5. The van der Waals surface area contributed by atoms with E-state index in [2.05, 4.69) is 10.4 Å². The Balaban J connectivity index is 2.22. The van der Waals surface area contributed by atoms with Crippen molar-refractivity contribution in [1.82, 2.24) is 15.1 Å². The summed E-state index contributed by atoms with van der Waals surface area (Å²) in [5, 5.41) is 8.41. The van der Waals surface area contributed by atoms with Gasteiger partial charge in [0.1, 0.15) is 11.4 Å². The molecule has 0 aliphatic rings. The Morgan fingerprint density at radius 3 is 2.86 bits per heavy atom. The molecule has 1 aromatic carbocycles. The lowest BCUT2D eigenvalue weighted by Crippen LogP contribution is -2.18. The molecule has 114 valence electrons. The second-order valence-corrected chi connectivity index (χ2v) is 5.09. The van der Waals surface area contributed by atoms with E-state index in [4.69, 9.17) is 21.1 Å². The number of nitrogens with zero attached hydrogens (tertiary/aromatic N) is 2. The second kappa shape index (κ2) is 7.45. The molecule has 0 atom stereocenters. The van der Waals surface area contributed by atoms with E-state index in [1.165, 1.54) is 0 Å². The van der Waals surface area contributed by atoms with E-state index < -0.39 is 0 Å². The monoisotopic (exact) mass is 309 g/mol. The Bertz CT molecular complexity index is 599. The van der Waals surface area contributed by atoms with Gasteiger partial charge in [-0.15, -0.1) is 0 Å². The predicted molar refractivity (Wildman–Crippen MR) is 83.4 cm³/mol. The first-order valence-electron chi connectivity index (χ1n) is 6.74. The fraction of sp³-hybridized carbons (Fsp3) is 0.400. The normalized spacial score (nSPS) is 10.9. The fourth-order valence-electron chi connectivity index (χ4n) is 2.09. The summed E-state index contributed by atoms with van der Waals surface area (Å²) >= 11 is 6.08. The molecule has 0 spiro atoms. The predicted octanol–water partition coefficient (Wildman–Crippen LogP) is 2.58. The molecule has 0 saturated heterocycles. The van der Waals surface area contributed by atoms with E-state index in [9.17, 15) is 0 Å². The topological polar surface area (TPSA) is 48.3 Å². The number of hydrogen-bond acceptors (Lipinski definition) is 4. The minimum absolute atomic E-state index is 0.653. The van der Waals surface area contributed by atoms with Crippen LogP contribution in [0.4, 0.5) is 0 Å². The third kappa shape index (κ3) is 3.75. The molecular formula is C15H20ClN3O2. The number of nitrogens with one attached hydrogen (secondary N) is 1. The number of aromatic nitrogens is 2. The molecule has 5 nitrogen and oxygen atoms in total. The number of hydrogen-bond donors (Lipinski definition) is 1. The summed E-state index contributed by atoms with van der Waals surface area (Å²) in [5.41, 5.74) is 3.03. The van der Waals surface area contributed by atoms with Crippen molar-refractivity contribution in [3.05, 3.63) is 40.7 Å². The Morgan fingerprint density at radius 1 is 1.33 bits per heavy atom. The third-order valence-electron chi connectivity index (χ3n) is 3.28. The maximum absolute atomic E-state index is 6.08. The van der Waals surface area contributed by atoms with Gasteiger partial charge in [-0.1, -0.05) is 11.6 Å². The van der Waals surface area contributed by atoms with Gasteiger partial charge in [0.15, 0.2) is 0 Å². The van der Waals surface area contributed by atoms with Crippen molar-refractivity contribution in [2.75, 3.05) is 27.4 Å². The first-order chi connectivity index (χ1) is 10.2. The standard InChI is InChI=1S/C15H20ClN3O2/c1-11-12(9-17-6-7-20-2)10-18-19(11)14-8-13(16)4-5-15(14)21-3/h4-5,8,10,17H,6-7,9H2,1-3H3. The smallest absolute Gasteiger partial charge is 0.144 e. The summed E-state index contributed by atoms with van der Waals surface area (Å²) in [4.78, 5) is 0. The van der Waals surface area contributed by atoms with Crippen LogP contribution in [0, 0.1) is 6.92 Å². The minimum Gasteiger partial charge on any atom is -0.494 e. The molecule has 0 amide bonds. The summed E-state index contributed by atoms with van der Waals surface area (Å²) in [5.74, 6) is 0.740. The Kier molecular flexibility index (Phi) is 5.61. The van der Waals surface area contributed by atoms with E-state index in [1.54, 1.807) is 20.3 Å². The average molecular weight is 310 g/mol. The van der Waals surface area contributed by atoms with Crippen LogP contribution in [-0.2, 0) is 11.3 Å². The highest BCUT2D eigenvalue weighted by Gasteiger charge is 2.12. The largest absolute Gasteiger partial charge is 0.494 e. The lowest BCUT2D eigenvalue weighted by molar-refractivity contribution is 0.199. The zero-order chi connectivity index (χ0) is 15.2. The number of benzene rings is 1. The van der Waals surface area contributed by atoms with Crippen molar-refractivity contribution < 1.29 is 9.47 Å². The molecular weight excluding hydrogens is 290 g/mol. The van der Waals surface area contributed by atoms with Crippen LogP contribution < -0.4 is 10.1 Å². The maximum atomic E-state index is 6.08. The van der Waals surface area contributed by atoms with Gasteiger partial charge >= 0.3 is 0 Å². The molecule has 1 N–H and O–H groups in total. The number of halogens is 1. The van der Waals surface area contributed by atoms with Gasteiger partial charge in [0.05, 0.1) is 19.9 Å². The molecule has 0 aliphatic carbocycles. The van der Waals surface area contributed by atoms with Crippen molar-refractivity contribution in [3.8, 4) is 11.4 Å². The van der Waals surface area contributed by atoms with Gasteiger partial charge in [-0.2, -0.15) is 5.10 Å². The molecule has 2 aromatic rings. The molecule has 6 heteroatoms. The molecule has 2 rings (SSSR count). The second-order valence-electron chi connectivity index (χ2n) is 4.65. The molecule has 1 heterocycles. The molecule has 0 saturated carbocycles. The van der Waals surface area contributed by atoms with Crippen molar-refractivity contribution >= 4 is 11.6 Å². The van der Waals surface area contributed by atoms with Crippen LogP contribution >= 0.6 is 11.6 Å². The summed E-state index contributed by atoms with van der Waals surface area (Å²) in [6.07, 6.45) is 1.86. The fourth-order valence-corrected chi connectivity index (χ4v) is 2.25. The van der Waals surface area contributed by atoms with Gasteiger partial charge in [0, 0.05) is 36.5 Å². The zero-order valence-electron chi connectivity index (χ0n) is 12.5. The first-order valence-corrected chi connectivity index (χ1v) is 7.12. The summed E-state index contributed by atoms with van der Waals surface area (Å²) < 4.78 is 12.2. The van der Waals surface area contributed by atoms with E-state index in [0.717, 1.165) is 35.8 Å². The van der Waals surface area contributed by atoms with E-state index in [0.29, 0.717) is 11.6 Å². The highest BCUT2D eigenvalue weighted by molar-refractivity contribution is 6.30. The van der Waals surface area contributed by atoms with E-state index in [1.807, 2.05) is 29.9 Å². The van der Waals surface area contributed by atoms with Crippen molar-refractivity contribution in [2.24, 2.45) is 0 Å². The lowest BCUT2D eigenvalue weighted by atomic mass is 10.2. The maximum Gasteiger partial charge on any atom is 0.144 e. The molecule has 0 aliphatic heterocycles. The van der Waals surface area contributed by atoms with Crippen molar-refractivity contribution in [1.29, 1.82) is 0 Å². The van der Waals surface area contributed by atoms with Gasteiger partial charge in [-0.05, 0) is 25.1 Å². The van der Waals surface area contributed by atoms with Crippen LogP contribution in [0.1, 0.15) is 11.3 Å². The van der Waals surface area contributed by atoms with E-state index >= 15 is 0 Å². The molecule has 0 unspecified atom stereocenters. The molecule has 0 radical (unpaired) electrons. The van der Waals surface area contributed by atoms with Gasteiger partial charge < -0.3 is 14.8 Å². The van der Waals surface area contributed by atoms with Gasteiger partial charge in [0.25, 0.3) is 0 Å². The zero-order valence-corrected chi connectivity index (χ0v) is 13.3. The number of methoxy groups -OCH3 is 2. The Labute approximate surface area is 129 Å². The summed E-state index contributed by atoms with van der Waals surface area (Å²) in [6, 6.07) is 5.49. The van der Waals surface area contributed by atoms with Gasteiger partial charge in [-0.25, -0.2) is 4.68 Å². The van der Waals surface area contributed by atoms with Gasteiger partial charge in [-0.3, -0.25) is 0 Å². The van der Waals surface area contributed by atoms with Gasteiger partial charge in [0.2, 0.25) is 0 Å². The van der Waals surface area contributed by atoms with Crippen LogP contribution in [0.2, 0.25) is 5.02 Å². The van der Waals surface area contributed by atoms with E-state index in [-0.39, 0.29) is 0 Å². The number of ether oxygens (including phenoxy) is 2. The first kappa shape index (κ1) is 15.8. The van der Waals surface area contributed by atoms with Crippen LogP contribution in [-0.4, -0.2) is 37.2 Å². The molecule has 1 aromatic heterocycles. The van der Waals surface area contributed by atoms with Crippen LogP contribution in [0.25, 0.3) is 5.69 Å². The molecule has 21 heavy (non-hydrogen) atoms. The SMILES string of the molecule is COCCNCc1cnn(-c2cc(Cl)ccc2OC)c1C. The molecule has 0 fully saturated rings. The highest BCUT2D eigenvalue weighted by Crippen LogP contribution is 2.27. The lowest BCUT2D eigenvalue weighted by Gasteiger charge is -2.11. The van der Waals surface area contributed by atoms with Crippen molar-refractivity contribution in [2.45, 2.75) is 13.5 Å². The van der Waals surface area contributed by atoms with Crippen molar-refractivity contribution in [3.63, 3.8) is 0 Å². The van der Waals surface area contributed by atoms with Crippen LogP contribution in [0.15, 0.2) is 24.4 Å².